The van der Waals surface area contributed by atoms with Crippen LogP contribution in [0.5, 0.6) is 5.75 Å². The third-order valence-corrected chi connectivity index (χ3v) is 6.38. The second kappa shape index (κ2) is 13.6. The van der Waals surface area contributed by atoms with Crippen molar-refractivity contribution < 1.29 is 39.4 Å². The number of non-ortho nitro benzene ring substituents is 1. The van der Waals surface area contributed by atoms with Gasteiger partial charge in [-0.2, -0.15) is 0 Å². The molecule has 12 heteroatoms. The largest absolute Gasteiger partial charge is 0.508 e. The third-order valence-electron chi connectivity index (χ3n) is 6.38. The molecule has 0 aliphatic carbocycles. The zero-order valence-electron chi connectivity index (χ0n) is 23.6. The van der Waals surface area contributed by atoms with E-state index in [9.17, 15) is 29.6 Å². The monoisotopic (exact) mass is 569 g/mol. The molecule has 2 aromatic carbocycles. The van der Waals surface area contributed by atoms with Crippen LogP contribution >= 0.6 is 0 Å². The van der Waals surface area contributed by atoms with E-state index in [-0.39, 0.29) is 47.0 Å². The topological polar surface area (TPSA) is 189 Å². The van der Waals surface area contributed by atoms with E-state index in [4.69, 9.17) is 9.47 Å². The highest BCUT2D eigenvalue weighted by Gasteiger charge is 2.39. The SMILES string of the molecule is CCC1=C(C(=O)OC)C(c2cccc([N+](=O)[O-])c2)C(C(=O)OCC(C)(C)NC(=O)Cc2ccc(O)cc2)=C(C)N1.O. The Morgan fingerprint density at radius 1 is 1.10 bits per heavy atom. The summed E-state index contributed by atoms with van der Waals surface area (Å²) in [5.41, 5.74) is 1.13. The fraction of sp³-hybridized carbons (Fsp3) is 0.345. The fourth-order valence-corrected chi connectivity index (χ4v) is 4.53. The van der Waals surface area contributed by atoms with Crippen LogP contribution < -0.4 is 10.6 Å². The molecule has 220 valence electrons. The molecule has 1 heterocycles. The average Bonchev–Trinajstić information content (AvgIpc) is 2.91. The number of methoxy groups -OCH3 is 1. The number of nitrogens with one attached hydrogen (secondary N) is 2. The Kier molecular flexibility index (Phi) is 10.8. The molecular weight excluding hydrogens is 534 g/mol. The smallest absolute Gasteiger partial charge is 0.336 e. The summed E-state index contributed by atoms with van der Waals surface area (Å²) in [6.07, 6.45) is 0.476. The van der Waals surface area contributed by atoms with Crippen LogP contribution in [0.25, 0.3) is 0 Å². The lowest BCUT2D eigenvalue weighted by atomic mass is 9.79. The minimum atomic E-state index is -0.983. The summed E-state index contributed by atoms with van der Waals surface area (Å²) in [4.78, 5) is 50.0. The number of carbonyl (C=O) groups excluding carboxylic acids is 3. The Hall–Kier alpha value is -4.71. The molecule has 1 aliphatic rings. The summed E-state index contributed by atoms with van der Waals surface area (Å²) in [5, 5.41) is 26.8. The highest BCUT2D eigenvalue weighted by molar-refractivity contribution is 6.00. The number of ether oxygens (including phenoxy) is 2. The molecule has 0 fully saturated rings. The molecule has 12 nitrogen and oxygen atoms in total. The van der Waals surface area contributed by atoms with Crippen LogP contribution in [0.2, 0.25) is 0 Å². The Balaban J connectivity index is 0.00000588. The van der Waals surface area contributed by atoms with E-state index in [1.54, 1.807) is 39.0 Å². The van der Waals surface area contributed by atoms with Gasteiger partial charge in [0.2, 0.25) is 5.91 Å². The molecular formula is C29H35N3O9. The molecule has 2 aromatic rings. The fourth-order valence-electron chi connectivity index (χ4n) is 4.53. The minimum Gasteiger partial charge on any atom is -0.508 e. The molecule has 0 radical (unpaired) electrons. The number of phenols is 1. The highest BCUT2D eigenvalue weighted by Crippen LogP contribution is 2.40. The molecule has 1 amide bonds. The number of benzene rings is 2. The van der Waals surface area contributed by atoms with Crippen LogP contribution in [0.4, 0.5) is 5.69 Å². The van der Waals surface area contributed by atoms with Gasteiger partial charge in [0.25, 0.3) is 5.69 Å². The highest BCUT2D eigenvalue weighted by atomic mass is 16.6. The molecule has 1 unspecified atom stereocenters. The van der Waals surface area contributed by atoms with E-state index >= 15 is 0 Å². The van der Waals surface area contributed by atoms with Gasteiger partial charge in [-0.25, -0.2) is 9.59 Å². The summed E-state index contributed by atoms with van der Waals surface area (Å²) < 4.78 is 10.7. The third kappa shape index (κ3) is 7.92. The maximum Gasteiger partial charge on any atom is 0.336 e. The van der Waals surface area contributed by atoms with Crippen LogP contribution in [-0.4, -0.2) is 52.6 Å². The van der Waals surface area contributed by atoms with Gasteiger partial charge >= 0.3 is 11.9 Å². The second-order valence-corrected chi connectivity index (χ2v) is 10.0. The maximum atomic E-state index is 13.6. The van der Waals surface area contributed by atoms with Gasteiger partial charge in [-0.1, -0.05) is 31.2 Å². The van der Waals surface area contributed by atoms with E-state index in [0.29, 0.717) is 28.9 Å². The Labute approximate surface area is 237 Å². The predicted octanol–water partition coefficient (Wildman–Crippen LogP) is 2.95. The number of dihydropyridines is 1. The van der Waals surface area contributed by atoms with Crippen molar-refractivity contribution in [2.45, 2.75) is 52.0 Å². The molecule has 41 heavy (non-hydrogen) atoms. The predicted molar refractivity (Wildman–Crippen MR) is 150 cm³/mol. The first-order valence-electron chi connectivity index (χ1n) is 12.7. The van der Waals surface area contributed by atoms with Crippen LogP contribution in [0.1, 0.15) is 51.2 Å². The van der Waals surface area contributed by atoms with Gasteiger partial charge in [0.1, 0.15) is 12.4 Å². The number of aromatic hydroxyl groups is 1. The number of nitro groups is 1. The number of allylic oxidation sites excluding steroid dienone is 2. The molecule has 1 atom stereocenters. The summed E-state index contributed by atoms with van der Waals surface area (Å²) in [5.74, 6) is -2.63. The number of hydrogen-bond acceptors (Lipinski definition) is 9. The van der Waals surface area contributed by atoms with Crippen molar-refractivity contribution in [2.24, 2.45) is 0 Å². The van der Waals surface area contributed by atoms with E-state index < -0.39 is 28.3 Å². The molecule has 0 saturated carbocycles. The average molecular weight is 570 g/mol. The molecule has 1 aliphatic heterocycles. The quantitative estimate of drug-likeness (QED) is 0.219. The van der Waals surface area contributed by atoms with Gasteiger partial charge in [-0.3, -0.25) is 14.9 Å². The van der Waals surface area contributed by atoms with Crippen molar-refractivity contribution in [1.29, 1.82) is 0 Å². The van der Waals surface area contributed by atoms with E-state index in [1.165, 1.54) is 37.4 Å². The number of phenolic OH excluding ortho intramolecular Hbond substituents is 1. The van der Waals surface area contributed by atoms with Crippen molar-refractivity contribution in [2.75, 3.05) is 13.7 Å². The van der Waals surface area contributed by atoms with Crippen molar-refractivity contribution >= 4 is 23.5 Å². The van der Waals surface area contributed by atoms with Gasteiger partial charge in [-0.05, 0) is 50.5 Å². The second-order valence-electron chi connectivity index (χ2n) is 10.0. The molecule has 3 rings (SSSR count). The standard InChI is InChI=1S/C29H33N3O8.H2O/c1-6-22-26(27(35)39-5)25(19-8-7-9-20(15-19)32(37)38)24(17(2)30-22)28(36)40-16-29(3,4)31-23(34)14-18-10-12-21(33)13-11-18;/h7-13,15,25,30,33H,6,14,16H2,1-5H3,(H,31,34);1H2. The number of amides is 1. The van der Waals surface area contributed by atoms with E-state index in [2.05, 4.69) is 10.6 Å². The van der Waals surface area contributed by atoms with E-state index in [0.717, 1.165) is 0 Å². The van der Waals surface area contributed by atoms with Crippen molar-refractivity contribution in [3.05, 3.63) is 92.3 Å². The number of esters is 2. The Morgan fingerprint density at radius 2 is 1.76 bits per heavy atom. The normalized spacial score (nSPS) is 14.9. The first-order chi connectivity index (χ1) is 18.9. The van der Waals surface area contributed by atoms with Crippen molar-refractivity contribution in [3.8, 4) is 5.75 Å². The Bertz CT molecular complexity index is 1380. The zero-order chi connectivity index (χ0) is 29.6. The van der Waals surface area contributed by atoms with Gasteiger partial charge in [0.05, 0.1) is 41.1 Å². The molecule has 0 saturated heterocycles. The zero-order valence-corrected chi connectivity index (χ0v) is 23.6. The number of rotatable bonds is 10. The van der Waals surface area contributed by atoms with Crippen LogP contribution in [0.3, 0.4) is 0 Å². The van der Waals surface area contributed by atoms with Crippen LogP contribution in [0, 0.1) is 10.1 Å². The summed E-state index contributed by atoms with van der Waals surface area (Å²) >= 11 is 0. The lowest BCUT2D eigenvalue weighted by molar-refractivity contribution is -0.384. The molecule has 0 aromatic heterocycles. The number of carbonyl (C=O) groups is 3. The molecule has 5 N–H and O–H groups in total. The van der Waals surface area contributed by atoms with Gasteiger partial charge in [0.15, 0.2) is 0 Å². The summed E-state index contributed by atoms with van der Waals surface area (Å²) in [6, 6.07) is 12.0. The lowest BCUT2D eigenvalue weighted by Gasteiger charge is -2.32. The molecule has 0 spiro atoms. The Morgan fingerprint density at radius 3 is 2.34 bits per heavy atom. The van der Waals surface area contributed by atoms with Gasteiger partial charge in [0, 0.05) is 23.5 Å². The number of nitro benzene ring substituents is 1. The van der Waals surface area contributed by atoms with Crippen molar-refractivity contribution in [3.63, 3.8) is 0 Å². The first kappa shape index (κ1) is 32.5. The first-order valence-corrected chi connectivity index (χ1v) is 12.7. The lowest BCUT2D eigenvalue weighted by Crippen LogP contribution is -2.48. The number of nitrogens with zero attached hydrogens (tertiary/aromatic N) is 1. The summed E-state index contributed by atoms with van der Waals surface area (Å²) in [6.45, 7) is 6.69. The maximum absolute atomic E-state index is 13.6. The van der Waals surface area contributed by atoms with E-state index in [1.807, 2.05) is 6.92 Å². The van der Waals surface area contributed by atoms with Gasteiger partial charge in [-0.15, -0.1) is 0 Å². The number of hydrogen-bond donors (Lipinski definition) is 3. The van der Waals surface area contributed by atoms with Gasteiger partial charge < -0.3 is 30.7 Å². The molecule has 0 bridgehead atoms. The van der Waals surface area contributed by atoms with Crippen molar-refractivity contribution in [1.82, 2.24) is 10.6 Å². The van der Waals surface area contributed by atoms with Crippen LogP contribution in [-0.2, 0) is 30.3 Å². The minimum absolute atomic E-state index is 0. The summed E-state index contributed by atoms with van der Waals surface area (Å²) in [7, 11) is 1.22. The van der Waals surface area contributed by atoms with Crippen LogP contribution in [0.15, 0.2) is 71.1 Å².